The highest BCUT2D eigenvalue weighted by molar-refractivity contribution is 9.10. The van der Waals surface area contributed by atoms with E-state index in [4.69, 9.17) is 14.2 Å². The minimum Gasteiger partial charge on any atom is -0.489 e. The van der Waals surface area contributed by atoms with Gasteiger partial charge in [-0.1, -0.05) is 58.4 Å². The summed E-state index contributed by atoms with van der Waals surface area (Å²) in [6.07, 6.45) is 0.551. The van der Waals surface area contributed by atoms with Crippen molar-refractivity contribution >= 4 is 27.8 Å². The number of likely N-dealkylation sites (tertiary alicyclic amines) is 1. The predicted octanol–water partition coefficient (Wildman–Crippen LogP) is 5.80. The van der Waals surface area contributed by atoms with Crippen LogP contribution < -0.4 is 9.47 Å². The van der Waals surface area contributed by atoms with Crippen LogP contribution in [0.15, 0.2) is 77.3 Å². The van der Waals surface area contributed by atoms with Crippen LogP contribution in [0.2, 0.25) is 0 Å². The molecule has 1 amide bonds. The second-order valence-corrected chi connectivity index (χ2v) is 10.1. The number of hydrogen-bond acceptors (Lipinski definition) is 5. The fraction of sp³-hybridized carbons (Fsp3) is 0.310. The molecule has 3 atom stereocenters. The van der Waals surface area contributed by atoms with E-state index in [1.54, 1.807) is 11.8 Å². The molecule has 7 heteroatoms. The van der Waals surface area contributed by atoms with Crippen LogP contribution in [0, 0.1) is 0 Å². The number of ether oxygens (including phenoxy) is 3. The molecule has 0 N–H and O–H groups in total. The van der Waals surface area contributed by atoms with Gasteiger partial charge in [0.15, 0.2) is 6.10 Å². The molecule has 36 heavy (non-hydrogen) atoms. The minimum atomic E-state index is -0.846. The summed E-state index contributed by atoms with van der Waals surface area (Å²) in [4.78, 5) is 28.0. The zero-order valence-corrected chi connectivity index (χ0v) is 21.6. The van der Waals surface area contributed by atoms with Gasteiger partial charge in [0.2, 0.25) is 0 Å². The van der Waals surface area contributed by atoms with Gasteiger partial charge in [-0.15, -0.1) is 0 Å². The molecule has 0 saturated carbocycles. The van der Waals surface area contributed by atoms with Crippen molar-refractivity contribution in [2.75, 3.05) is 13.1 Å². The molecule has 0 aliphatic carbocycles. The Bertz CT molecular complexity index is 1220. The van der Waals surface area contributed by atoms with Gasteiger partial charge in [-0.05, 0) is 61.2 Å². The van der Waals surface area contributed by atoms with Crippen LogP contribution >= 0.6 is 15.9 Å². The molecule has 0 bridgehead atoms. The van der Waals surface area contributed by atoms with Crippen molar-refractivity contribution in [3.8, 4) is 11.5 Å². The van der Waals surface area contributed by atoms with Crippen LogP contribution in [-0.4, -0.2) is 36.0 Å². The van der Waals surface area contributed by atoms with Crippen molar-refractivity contribution in [2.45, 2.75) is 44.5 Å². The fourth-order valence-corrected chi connectivity index (χ4v) is 5.11. The number of rotatable bonds is 7. The first-order chi connectivity index (χ1) is 17.5. The van der Waals surface area contributed by atoms with Gasteiger partial charge in [0, 0.05) is 23.1 Å². The Morgan fingerprint density at radius 2 is 1.75 bits per heavy atom. The molecule has 186 valence electrons. The first-order valence-corrected chi connectivity index (χ1v) is 13.0. The van der Waals surface area contributed by atoms with Crippen LogP contribution in [0.5, 0.6) is 11.5 Å². The van der Waals surface area contributed by atoms with Crippen molar-refractivity contribution in [3.63, 3.8) is 0 Å². The Balaban J connectivity index is 1.33. The quantitative estimate of drug-likeness (QED) is 0.348. The third-order valence-corrected chi connectivity index (χ3v) is 7.13. The van der Waals surface area contributed by atoms with E-state index < -0.39 is 24.1 Å². The van der Waals surface area contributed by atoms with E-state index in [-0.39, 0.29) is 5.91 Å². The van der Waals surface area contributed by atoms with E-state index in [2.05, 4.69) is 15.9 Å². The van der Waals surface area contributed by atoms with E-state index in [9.17, 15) is 9.59 Å². The molecule has 6 nitrogen and oxygen atoms in total. The van der Waals surface area contributed by atoms with E-state index in [0.717, 1.165) is 39.8 Å². The Morgan fingerprint density at radius 1 is 1.03 bits per heavy atom. The highest BCUT2D eigenvalue weighted by Gasteiger charge is 2.43. The van der Waals surface area contributed by atoms with Crippen LogP contribution in [-0.2, 0) is 20.9 Å². The molecule has 3 aromatic rings. The number of esters is 1. The summed E-state index contributed by atoms with van der Waals surface area (Å²) in [5.41, 5.74) is 2.65. The molecule has 2 aliphatic heterocycles. The third-order valence-electron chi connectivity index (χ3n) is 6.63. The second-order valence-electron chi connectivity index (χ2n) is 9.15. The van der Waals surface area contributed by atoms with Crippen LogP contribution in [0.25, 0.3) is 0 Å². The topological polar surface area (TPSA) is 65.1 Å². The molecule has 1 saturated heterocycles. The summed E-state index contributed by atoms with van der Waals surface area (Å²) < 4.78 is 18.7. The number of hydrogen-bond donors (Lipinski definition) is 0. The molecular formula is C29H28BrNO5. The highest BCUT2D eigenvalue weighted by Crippen LogP contribution is 2.48. The fourth-order valence-electron chi connectivity index (χ4n) is 4.74. The third kappa shape index (κ3) is 5.26. The number of carbonyl (C=O) groups is 2. The average Bonchev–Trinajstić information content (AvgIpc) is 3.56. The maximum Gasteiger partial charge on any atom is 0.318 e. The zero-order valence-electron chi connectivity index (χ0n) is 20.1. The summed E-state index contributed by atoms with van der Waals surface area (Å²) in [5, 5.41) is 0. The predicted molar refractivity (Wildman–Crippen MR) is 139 cm³/mol. The standard InChI is InChI=1S/C29H28BrNO5/c1-19(28(32)31-15-5-6-16-31)35-29(33)26-24-17-22(30)11-14-25(24)36-27(26)21-9-12-23(13-10-21)34-18-20-7-3-2-4-8-20/h2-4,7-14,17,19,26-27H,5-6,15-16,18H2,1H3/t19-,26+,27-/m1/s1. The van der Waals surface area contributed by atoms with E-state index in [1.165, 1.54) is 0 Å². The van der Waals surface area contributed by atoms with E-state index >= 15 is 0 Å². The number of fused-ring (bicyclic) bond motifs is 1. The van der Waals surface area contributed by atoms with E-state index in [1.807, 2.05) is 72.8 Å². The Morgan fingerprint density at radius 3 is 2.47 bits per heavy atom. The van der Waals surface area contributed by atoms with Gasteiger partial charge < -0.3 is 19.1 Å². The second kappa shape index (κ2) is 10.7. The van der Waals surface area contributed by atoms with Gasteiger partial charge >= 0.3 is 5.97 Å². The molecule has 2 heterocycles. The molecule has 1 fully saturated rings. The highest BCUT2D eigenvalue weighted by atomic mass is 79.9. The summed E-state index contributed by atoms with van der Waals surface area (Å²) in [6.45, 7) is 3.54. The van der Waals surface area contributed by atoms with Gasteiger partial charge in [-0.25, -0.2) is 0 Å². The van der Waals surface area contributed by atoms with Crippen molar-refractivity contribution in [3.05, 3.63) is 94.0 Å². The lowest BCUT2D eigenvalue weighted by Gasteiger charge is -2.23. The number of amides is 1. The van der Waals surface area contributed by atoms with Gasteiger partial charge in [0.1, 0.15) is 30.1 Å². The molecule has 0 unspecified atom stereocenters. The summed E-state index contributed by atoms with van der Waals surface area (Å²) >= 11 is 3.50. The monoisotopic (exact) mass is 549 g/mol. The van der Waals surface area contributed by atoms with E-state index in [0.29, 0.717) is 25.4 Å². The van der Waals surface area contributed by atoms with Crippen molar-refractivity contribution < 1.29 is 23.8 Å². The van der Waals surface area contributed by atoms with Crippen molar-refractivity contribution in [2.24, 2.45) is 0 Å². The number of benzene rings is 3. The van der Waals surface area contributed by atoms with Crippen LogP contribution in [0.3, 0.4) is 0 Å². The van der Waals surface area contributed by atoms with Crippen molar-refractivity contribution in [1.82, 2.24) is 4.90 Å². The molecule has 0 spiro atoms. The lowest BCUT2D eigenvalue weighted by Crippen LogP contribution is -2.39. The Kier molecular flexibility index (Phi) is 7.28. The molecule has 5 rings (SSSR count). The normalized spacial score (nSPS) is 19.3. The van der Waals surface area contributed by atoms with Crippen molar-refractivity contribution in [1.29, 1.82) is 0 Å². The zero-order chi connectivity index (χ0) is 25.1. The first kappa shape index (κ1) is 24.4. The van der Waals surface area contributed by atoms with Gasteiger partial charge in [-0.2, -0.15) is 0 Å². The van der Waals surface area contributed by atoms with Gasteiger partial charge in [0.25, 0.3) is 5.91 Å². The largest absolute Gasteiger partial charge is 0.489 e. The molecule has 0 aromatic heterocycles. The molecular weight excluding hydrogens is 522 g/mol. The minimum absolute atomic E-state index is 0.148. The van der Waals surface area contributed by atoms with Gasteiger partial charge in [-0.3, -0.25) is 9.59 Å². The molecule has 0 radical (unpaired) electrons. The smallest absolute Gasteiger partial charge is 0.318 e. The Hall–Kier alpha value is -3.32. The lowest BCUT2D eigenvalue weighted by molar-refractivity contribution is -0.161. The van der Waals surface area contributed by atoms with Gasteiger partial charge in [0.05, 0.1) is 0 Å². The number of halogens is 1. The lowest BCUT2D eigenvalue weighted by atomic mass is 9.91. The summed E-state index contributed by atoms with van der Waals surface area (Å²) in [6, 6.07) is 23.1. The first-order valence-electron chi connectivity index (χ1n) is 12.2. The summed E-state index contributed by atoms with van der Waals surface area (Å²) in [7, 11) is 0. The number of nitrogens with zero attached hydrogens (tertiary/aromatic N) is 1. The summed E-state index contributed by atoms with van der Waals surface area (Å²) in [5.74, 6) is 0.0484. The maximum absolute atomic E-state index is 13.4. The average molecular weight is 550 g/mol. The maximum atomic E-state index is 13.4. The number of carbonyl (C=O) groups excluding carboxylic acids is 2. The SMILES string of the molecule is C[C@@H](OC(=O)[C@H]1c2cc(Br)ccc2O[C@@H]1c1ccc(OCc2ccccc2)cc1)C(=O)N1CCCC1. The van der Waals surface area contributed by atoms with Crippen LogP contribution in [0.1, 0.15) is 48.5 Å². The van der Waals surface area contributed by atoms with Crippen LogP contribution in [0.4, 0.5) is 0 Å². The molecule has 3 aromatic carbocycles. The Labute approximate surface area is 219 Å². The molecule has 2 aliphatic rings.